The largest absolute Gasteiger partial charge is 0.487 e. The molecule has 0 saturated heterocycles. The molecule has 0 aliphatic heterocycles. The quantitative estimate of drug-likeness (QED) is 0.442. The van der Waals surface area contributed by atoms with Gasteiger partial charge >= 0.3 is 0 Å². The van der Waals surface area contributed by atoms with E-state index in [2.05, 4.69) is 20.9 Å². The van der Waals surface area contributed by atoms with Crippen LogP contribution in [-0.2, 0) is 11.1 Å². The Morgan fingerprint density at radius 2 is 1.92 bits per heavy atom. The van der Waals surface area contributed by atoms with E-state index in [1.165, 1.54) is 6.07 Å². The minimum absolute atomic E-state index is 0.0695. The third-order valence-electron chi connectivity index (χ3n) is 3.87. The summed E-state index contributed by atoms with van der Waals surface area (Å²) in [5, 5.41) is 1.62. The molecule has 1 heterocycles. The first-order valence-electron chi connectivity index (χ1n) is 7.94. The molecule has 4 nitrogen and oxygen atoms in total. The van der Waals surface area contributed by atoms with Crippen LogP contribution in [0.4, 0.5) is 0 Å². The van der Waals surface area contributed by atoms with E-state index in [0.717, 1.165) is 16.5 Å². The molecule has 2 aromatic carbocycles. The Morgan fingerprint density at radius 3 is 2.64 bits per heavy atom. The van der Waals surface area contributed by atoms with Crippen LogP contribution >= 0.6 is 24.7 Å². The van der Waals surface area contributed by atoms with Crippen LogP contribution in [-0.4, -0.2) is 17.0 Å². The number of hydrogen-bond donors (Lipinski definition) is 1. The lowest BCUT2D eigenvalue weighted by atomic mass is 10.0. The lowest BCUT2D eigenvalue weighted by Crippen LogP contribution is -2.08. The molecule has 1 aromatic heterocycles. The number of hydrogen-bond acceptors (Lipinski definition) is 3. The molecule has 2 atom stereocenters. The van der Waals surface area contributed by atoms with E-state index in [0.29, 0.717) is 32.0 Å². The molecule has 1 N–H and O–H groups in total. The second-order valence-corrected chi connectivity index (χ2v) is 6.79. The number of aromatic nitrogens is 1. The summed E-state index contributed by atoms with van der Waals surface area (Å²) in [5.74, 6) is 0.660. The molecular formula is C19H19BrNO3P. The zero-order valence-electron chi connectivity index (χ0n) is 13.8. The Labute approximate surface area is 156 Å². The zero-order chi connectivity index (χ0) is 17.6. The van der Waals surface area contributed by atoms with Gasteiger partial charge in [-0.15, -0.1) is 0 Å². The van der Waals surface area contributed by atoms with Crippen molar-refractivity contribution in [3.63, 3.8) is 0 Å². The normalized spacial score (nSPS) is 12.7. The van der Waals surface area contributed by atoms with Gasteiger partial charge in [0.25, 0.3) is 0 Å². The monoisotopic (exact) mass is 419 g/mol. The van der Waals surface area contributed by atoms with Crippen molar-refractivity contribution < 1.29 is 9.26 Å². The third-order valence-corrected chi connectivity index (χ3v) is 4.98. The van der Waals surface area contributed by atoms with E-state index in [4.69, 9.17) is 9.26 Å². The van der Waals surface area contributed by atoms with Gasteiger partial charge in [0, 0.05) is 25.6 Å². The maximum Gasteiger partial charge on any atom is 0.248 e. The highest BCUT2D eigenvalue weighted by Crippen LogP contribution is 2.34. The molecule has 130 valence electrons. The van der Waals surface area contributed by atoms with Gasteiger partial charge in [0.2, 0.25) is 5.56 Å². The summed E-state index contributed by atoms with van der Waals surface area (Å²) < 4.78 is 11.8. The maximum atomic E-state index is 11.8. The Hall–Kier alpha value is -1.68. The van der Waals surface area contributed by atoms with E-state index in [1.807, 2.05) is 55.2 Å². The minimum Gasteiger partial charge on any atom is -0.487 e. The van der Waals surface area contributed by atoms with E-state index in [-0.39, 0.29) is 11.7 Å². The van der Waals surface area contributed by atoms with E-state index >= 15 is 0 Å². The molecule has 0 aliphatic rings. The average Bonchev–Trinajstić information content (AvgIpc) is 2.65. The van der Waals surface area contributed by atoms with Gasteiger partial charge in [0.05, 0.1) is 11.6 Å². The number of fused-ring (bicyclic) bond motifs is 1. The molecular weight excluding hydrogens is 401 g/mol. The highest BCUT2D eigenvalue weighted by atomic mass is 79.9. The van der Waals surface area contributed by atoms with Crippen molar-refractivity contribution in [1.82, 2.24) is 4.98 Å². The second-order valence-electron chi connectivity index (χ2n) is 5.50. The molecule has 6 heteroatoms. The van der Waals surface area contributed by atoms with Crippen molar-refractivity contribution in [3.05, 3.63) is 76.1 Å². The second kappa shape index (κ2) is 8.61. The fourth-order valence-electron chi connectivity index (χ4n) is 2.70. The number of aromatic amines is 1. The van der Waals surface area contributed by atoms with Crippen molar-refractivity contribution >= 4 is 35.6 Å². The van der Waals surface area contributed by atoms with Crippen molar-refractivity contribution in [2.45, 2.75) is 12.7 Å². The Balaban J connectivity index is 1.99. The van der Waals surface area contributed by atoms with Gasteiger partial charge in [-0.25, -0.2) is 0 Å². The van der Waals surface area contributed by atoms with Crippen LogP contribution < -0.4 is 10.3 Å². The summed E-state index contributed by atoms with van der Waals surface area (Å²) in [7, 11) is 0.385. The van der Waals surface area contributed by atoms with E-state index < -0.39 is 0 Å². The Bertz CT molecular complexity index is 898. The van der Waals surface area contributed by atoms with Gasteiger partial charge in [0.1, 0.15) is 12.4 Å². The molecule has 0 spiro atoms. The standard InChI is InChI=1S/C19H19BrNO3P/c1-25-24-17(11-20)14-7-9-16(19-15(14)8-10-18(22)21-19)23-12-13-5-3-2-4-6-13/h2-10,17,25H,11-12H2,1H3,(H,21,22)/t17-/m0/s1. The van der Waals surface area contributed by atoms with Crippen LogP contribution in [0.2, 0.25) is 0 Å². The van der Waals surface area contributed by atoms with Crippen molar-refractivity contribution in [2.75, 3.05) is 12.0 Å². The molecule has 0 saturated carbocycles. The number of rotatable bonds is 7. The van der Waals surface area contributed by atoms with Gasteiger partial charge in [-0.2, -0.15) is 0 Å². The van der Waals surface area contributed by atoms with Gasteiger partial charge in [-0.3, -0.25) is 4.79 Å². The summed E-state index contributed by atoms with van der Waals surface area (Å²) in [4.78, 5) is 14.7. The predicted molar refractivity (Wildman–Crippen MR) is 107 cm³/mol. The summed E-state index contributed by atoms with van der Waals surface area (Å²) in [6, 6.07) is 17.2. The fourth-order valence-corrected chi connectivity index (χ4v) is 3.92. The van der Waals surface area contributed by atoms with Crippen molar-refractivity contribution in [2.24, 2.45) is 0 Å². The molecule has 3 aromatic rings. The summed E-state index contributed by atoms with van der Waals surface area (Å²) in [6.45, 7) is 2.44. The molecule has 0 aliphatic carbocycles. The minimum atomic E-state index is -0.150. The van der Waals surface area contributed by atoms with Crippen LogP contribution in [0.5, 0.6) is 5.75 Å². The lowest BCUT2D eigenvalue weighted by molar-refractivity contribution is 0.272. The summed E-state index contributed by atoms with van der Waals surface area (Å²) >= 11 is 3.51. The number of ether oxygens (including phenoxy) is 1. The Kier molecular flexibility index (Phi) is 6.24. The van der Waals surface area contributed by atoms with E-state index in [9.17, 15) is 4.79 Å². The number of pyridine rings is 1. The topological polar surface area (TPSA) is 51.3 Å². The van der Waals surface area contributed by atoms with Crippen LogP contribution in [0, 0.1) is 0 Å². The van der Waals surface area contributed by atoms with Crippen molar-refractivity contribution in [1.29, 1.82) is 0 Å². The van der Waals surface area contributed by atoms with Gasteiger partial charge in [0.15, 0.2) is 0 Å². The van der Waals surface area contributed by atoms with E-state index in [1.54, 1.807) is 0 Å². The smallest absolute Gasteiger partial charge is 0.248 e. The molecule has 0 amide bonds. The molecule has 0 bridgehead atoms. The summed E-state index contributed by atoms with van der Waals surface area (Å²) in [5.41, 5.74) is 2.66. The average molecular weight is 420 g/mol. The number of halogens is 1. The van der Waals surface area contributed by atoms with Crippen molar-refractivity contribution in [3.8, 4) is 5.75 Å². The molecule has 3 rings (SSSR count). The van der Waals surface area contributed by atoms with Crippen LogP contribution in [0.3, 0.4) is 0 Å². The number of H-pyrrole nitrogens is 1. The van der Waals surface area contributed by atoms with Crippen LogP contribution in [0.25, 0.3) is 10.9 Å². The fraction of sp³-hybridized carbons (Fsp3) is 0.211. The summed E-state index contributed by atoms with van der Waals surface area (Å²) in [6.07, 6.45) is -0.0695. The van der Waals surface area contributed by atoms with Gasteiger partial charge in [-0.05, 0) is 29.9 Å². The van der Waals surface area contributed by atoms with Crippen LogP contribution in [0.15, 0.2) is 59.4 Å². The Morgan fingerprint density at radius 1 is 1.12 bits per heavy atom. The SMILES string of the molecule is CPO[C@@H](CBr)c1ccc(OCc2ccccc2)c2[nH]c(=O)ccc12. The molecule has 0 radical (unpaired) electrons. The molecule has 25 heavy (non-hydrogen) atoms. The van der Waals surface area contributed by atoms with Gasteiger partial charge < -0.3 is 14.2 Å². The number of benzene rings is 2. The zero-order valence-corrected chi connectivity index (χ0v) is 16.4. The highest BCUT2D eigenvalue weighted by molar-refractivity contribution is 9.09. The first kappa shape index (κ1) is 18.1. The van der Waals surface area contributed by atoms with Gasteiger partial charge in [-0.1, -0.05) is 52.3 Å². The molecule has 0 fully saturated rings. The predicted octanol–water partition coefficient (Wildman–Crippen LogP) is 4.78. The first-order chi connectivity index (χ1) is 12.2. The highest BCUT2D eigenvalue weighted by Gasteiger charge is 2.16. The maximum absolute atomic E-state index is 11.8. The third kappa shape index (κ3) is 4.30. The first-order valence-corrected chi connectivity index (χ1v) is 10.5. The number of alkyl halides is 1. The number of nitrogens with one attached hydrogen (secondary N) is 1. The van der Waals surface area contributed by atoms with Crippen LogP contribution in [0.1, 0.15) is 17.2 Å². The lowest BCUT2D eigenvalue weighted by Gasteiger charge is -2.18. The molecule has 1 unspecified atom stereocenters.